The van der Waals surface area contributed by atoms with Crippen molar-refractivity contribution >= 4 is 45.8 Å². The van der Waals surface area contributed by atoms with Gasteiger partial charge in [0.1, 0.15) is 0 Å². The van der Waals surface area contributed by atoms with Crippen LogP contribution >= 0.6 is 22.9 Å². The minimum Gasteiger partial charge on any atom is -0.336 e. The normalized spacial score (nSPS) is 15.2. The van der Waals surface area contributed by atoms with Crippen LogP contribution in [0.15, 0.2) is 41.9 Å². The van der Waals surface area contributed by atoms with Crippen molar-refractivity contribution in [2.45, 2.75) is 6.18 Å². The molecule has 2 aromatic heterocycles. The van der Waals surface area contributed by atoms with E-state index in [2.05, 4.69) is 4.98 Å². The summed E-state index contributed by atoms with van der Waals surface area (Å²) in [5.41, 5.74) is -0.757. The summed E-state index contributed by atoms with van der Waals surface area (Å²) in [6, 6.07) is 4.72. The van der Waals surface area contributed by atoms with Gasteiger partial charge in [0.25, 0.3) is 5.91 Å². The first-order valence-electron chi connectivity index (χ1n) is 9.29. The maximum atomic E-state index is 13.2. The molecule has 1 saturated heterocycles. The van der Waals surface area contributed by atoms with E-state index < -0.39 is 17.6 Å². The molecule has 1 aromatic carbocycles. The molecule has 0 unspecified atom stereocenters. The number of aromatic nitrogens is 2. The van der Waals surface area contributed by atoms with Crippen LogP contribution in [-0.2, 0) is 11.0 Å². The van der Waals surface area contributed by atoms with Gasteiger partial charge in [-0.25, -0.2) is 4.98 Å². The van der Waals surface area contributed by atoms with Gasteiger partial charge in [-0.2, -0.15) is 13.2 Å². The highest BCUT2D eigenvalue weighted by Crippen LogP contribution is 2.32. The van der Waals surface area contributed by atoms with Gasteiger partial charge in [-0.3, -0.25) is 14.0 Å². The number of carbonyl (C=O) groups excluding carboxylic acids is 2. The molecule has 0 saturated carbocycles. The SMILES string of the molecule is O=C(/C=C/c1c(Cl)nc2sccn12)N1CCN(C(=O)c2ccccc2C(F)(F)F)CC1. The molecule has 0 spiro atoms. The summed E-state index contributed by atoms with van der Waals surface area (Å²) in [5.74, 6) is -0.967. The summed E-state index contributed by atoms with van der Waals surface area (Å²) in [6.45, 7) is 0.730. The predicted octanol–water partition coefficient (Wildman–Crippen LogP) is 4.07. The lowest BCUT2D eigenvalue weighted by Crippen LogP contribution is -2.50. The Labute approximate surface area is 184 Å². The first kappa shape index (κ1) is 21.4. The van der Waals surface area contributed by atoms with Crippen LogP contribution in [0.2, 0.25) is 5.15 Å². The second kappa shape index (κ2) is 8.35. The van der Waals surface area contributed by atoms with Crippen LogP contribution in [0.3, 0.4) is 0 Å². The standard InChI is InChI=1S/C20H16ClF3N4O2S/c21-17-15(28-11-12-31-19(28)25-17)5-6-16(29)26-7-9-27(10-8-26)18(30)13-3-1-2-4-14(13)20(22,23)24/h1-6,11-12H,7-10H2/b6-5+. The van der Waals surface area contributed by atoms with E-state index in [0.29, 0.717) is 10.7 Å². The van der Waals surface area contributed by atoms with Crippen molar-refractivity contribution in [2.24, 2.45) is 0 Å². The van der Waals surface area contributed by atoms with E-state index in [1.54, 1.807) is 16.7 Å². The van der Waals surface area contributed by atoms with Gasteiger partial charge < -0.3 is 9.80 Å². The molecule has 11 heteroatoms. The van der Waals surface area contributed by atoms with E-state index in [1.165, 1.54) is 45.4 Å². The van der Waals surface area contributed by atoms with E-state index in [1.807, 2.05) is 5.38 Å². The minimum absolute atomic E-state index is 0.146. The molecular formula is C20H16ClF3N4O2S. The smallest absolute Gasteiger partial charge is 0.336 e. The Balaban J connectivity index is 1.41. The average Bonchev–Trinajstić information content (AvgIpc) is 3.31. The molecular weight excluding hydrogens is 453 g/mol. The molecule has 4 rings (SSSR count). The summed E-state index contributed by atoms with van der Waals surface area (Å²) < 4.78 is 41.4. The molecule has 1 fully saturated rings. The van der Waals surface area contributed by atoms with Crippen molar-refractivity contribution < 1.29 is 22.8 Å². The summed E-state index contributed by atoms with van der Waals surface area (Å²) in [7, 11) is 0. The van der Waals surface area contributed by atoms with Crippen LogP contribution in [0.1, 0.15) is 21.6 Å². The number of imidazole rings is 1. The monoisotopic (exact) mass is 468 g/mol. The van der Waals surface area contributed by atoms with E-state index in [9.17, 15) is 22.8 Å². The van der Waals surface area contributed by atoms with Crippen molar-refractivity contribution in [3.63, 3.8) is 0 Å². The number of hydrogen-bond donors (Lipinski definition) is 0. The van der Waals surface area contributed by atoms with Crippen LogP contribution < -0.4 is 0 Å². The Morgan fingerprint density at radius 1 is 1.10 bits per heavy atom. The molecule has 6 nitrogen and oxygen atoms in total. The fourth-order valence-corrected chi connectivity index (χ4v) is 4.40. The van der Waals surface area contributed by atoms with E-state index in [-0.39, 0.29) is 42.8 Å². The highest BCUT2D eigenvalue weighted by atomic mass is 35.5. The average molecular weight is 469 g/mol. The van der Waals surface area contributed by atoms with Crippen molar-refractivity contribution in [1.29, 1.82) is 0 Å². The number of fused-ring (bicyclic) bond motifs is 1. The highest BCUT2D eigenvalue weighted by Gasteiger charge is 2.36. The van der Waals surface area contributed by atoms with Gasteiger partial charge in [0.05, 0.1) is 16.8 Å². The Hall–Kier alpha value is -2.85. The molecule has 0 atom stereocenters. The number of rotatable bonds is 3. The zero-order valence-electron chi connectivity index (χ0n) is 16.0. The van der Waals surface area contributed by atoms with Gasteiger partial charge in [-0.1, -0.05) is 23.7 Å². The third-order valence-electron chi connectivity index (χ3n) is 4.98. The van der Waals surface area contributed by atoms with Crippen LogP contribution in [-0.4, -0.2) is 57.2 Å². The summed E-state index contributed by atoms with van der Waals surface area (Å²) in [6.07, 6.45) is 0.141. The first-order chi connectivity index (χ1) is 14.8. The maximum Gasteiger partial charge on any atom is 0.417 e. The molecule has 0 radical (unpaired) electrons. The molecule has 31 heavy (non-hydrogen) atoms. The van der Waals surface area contributed by atoms with Gasteiger partial charge in [-0.15, -0.1) is 11.3 Å². The van der Waals surface area contributed by atoms with Gasteiger partial charge in [0.2, 0.25) is 5.91 Å². The molecule has 162 valence electrons. The van der Waals surface area contributed by atoms with Crippen LogP contribution in [0, 0.1) is 0 Å². The summed E-state index contributed by atoms with van der Waals surface area (Å²) in [4.78, 5) is 32.9. The molecule has 0 bridgehead atoms. The Kier molecular flexibility index (Phi) is 5.76. The lowest BCUT2D eigenvalue weighted by molar-refractivity contribution is -0.138. The summed E-state index contributed by atoms with van der Waals surface area (Å²) in [5, 5.41) is 2.14. The van der Waals surface area contributed by atoms with Gasteiger partial charge in [0, 0.05) is 43.8 Å². The Bertz CT molecular complexity index is 1160. The quantitative estimate of drug-likeness (QED) is 0.545. The molecule has 2 amide bonds. The van der Waals surface area contributed by atoms with Crippen LogP contribution in [0.5, 0.6) is 0 Å². The molecule has 3 aromatic rings. The number of carbonyl (C=O) groups is 2. The molecule has 3 heterocycles. The third-order valence-corrected chi connectivity index (χ3v) is 6.01. The number of halogens is 4. The van der Waals surface area contributed by atoms with Crippen LogP contribution in [0.25, 0.3) is 11.0 Å². The lowest BCUT2D eigenvalue weighted by Gasteiger charge is -2.34. The second-order valence-corrected chi connectivity index (χ2v) is 8.07. The number of benzene rings is 1. The first-order valence-corrected chi connectivity index (χ1v) is 10.5. The molecule has 1 aliphatic rings. The second-order valence-electron chi connectivity index (χ2n) is 6.84. The molecule has 0 aliphatic carbocycles. The number of hydrogen-bond acceptors (Lipinski definition) is 4. The van der Waals surface area contributed by atoms with Gasteiger partial charge in [0.15, 0.2) is 10.1 Å². The number of piperazine rings is 1. The van der Waals surface area contributed by atoms with Crippen molar-refractivity contribution in [2.75, 3.05) is 26.2 Å². The van der Waals surface area contributed by atoms with Gasteiger partial charge in [-0.05, 0) is 18.2 Å². The fraction of sp³-hybridized carbons (Fsp3) is 0.250. The topological polar surface area (TPSA) is 57.9 Å². The summed E-state index contributed by atoms with van der Waals surface area (Å²) >= 11 is 7.53. The fourth-order valence-electron chi connectivity index (χ4n) is 3.40. The molecule has 0 N–H and O–H groups in total. The Morgan fingerprint density at radius 2 is 1.77 bits per heavy atom. The Morgan fingerprint density at radius 3 is 2.48 bits per heavy atom. The minimum atomic E-state index is -4.61. The zero-order valence-corrected chi connectivity index (χ0v) is 17.5. The zero-order chi connectivity index (χ0) is 22.2. The number of amides is 2. The van der Waals surface area contributed by atoms with E-state index >= 15 is 0 Å². The largest absolute Gasteiger partial charge is 0.417 e. The highest BCUT2D eigenvalue weighted by molar-refractivity contribution is 7.15. The third kappa shape index (κ3) is 4.31. The predicted molar refractivity (Wildman–Crippen MR) is 111 cm³/mol. The van der Waals surface area contributed by atoms with Crippen molar-refractivity contribution in [1.82, 2.24) is 19.2 Å². The number of thiazole rings is 1. The van der Waals surface area contributed by atoms with Crippen molar-refractivity contribution in [3.05, 3.63) is 63.9 Å². The van der Waals surface area contributed by atoms with E-state index in [4.69, 9.17) is 11.6 Å². The maximum absolute atomic E-state index is 13.2. The lowest BCUT2D eigenvalue weighted by atomic mass is 10.1. The van der Waals surface area contributed by atoms with Gasteiger partial charge >= 0.3 is 6.18 Å². The van der Waals surface area contributed by atoms with E-state index in [0.717, 1.165) is 6.07 Å². The van der Waals surface area contributed by atoms with Crippen LogP contribution in [0.4, 0.5) is 13.2 Å². The number of alkyl halides is 3. The number of nitrogens with zero attached hydrogens (tertiary/aromatic N) is 4. The van der Waals surface area contributed by atoms with Crippen molar-refractivity contribution in [3.8, 4) is 0 Å². The molecule has 1 aliphatic heterocycles.